The highest BCUT2D eigenvalue weighted by Gasteiger charge is 2.21. The number of amides is 2. The van der Waals surface area contributed by atoms with Gasteiger partial charge in [-0.25, -0.2) is 17.2 Å². The standard InChI is InChI=1S/C20H17F2N3O5S2/c1-12(30-13-8-9-15(21)16(22)11-13)19(26)23-24-20(27)14-5-2-3-6-17(14)25-32(28,29)18-7-4-10-31-18/h2-12,25H,1H3,(H,23,26)(H,24,27). The van der Waals surface area contributed by atoms with E-state index in [1.54, 1.807) is 17.5 Å². The summed E-state index contributed by atoms with van der Waals surface area (Å²) in [5.74, 6) is -3.84. The lowest BCUT2D eigenvalue weighted by atomic mass is 10.2. The Kier molecular flexibility index (Phi) is 7.05. The number of halogens is 2. The highest BCUT2D eigenvalue weighted by molar-refractivity contribution is 7.94. The summed E-state index contributed by atoms with van der Waals surface area (Å²) in [6, 6.07) is 11.6. The fourth-order valence-corrected chi connectivity index (χ4v) is 4.55. The van der Waals surface area contributed by atoms with Gasteiger partial charge in [0.2, 0.25) is 0 Å². The first-order valence-corrected chi connectivity index (χ1v) is 11.4. The van der Waals surface area contributed by atoms with Crippen molar-refractivity contribution in [3.05, 3.63) is 77.2 Å². The van der Waals surface area contributed by atoms with Crippen molar-refractivity contribution in [1.29, 1.82) is 0 Å². The smallest absolute Gasteiger partial charge is 0.279 e. The summed E-state index contributed by atoms with van der Waals surface area (Å²) in [6.07, 6.45) is -1.16. The number of para-hydroxylation sites is 1. The number of benzene rings is 2. The number of hydrazine groups is 1. The Morgan fingerprint density at radius 2 is 1.75 bits per heavy atom. The van der Waals surface area contributed by atoms with Crippen molar-refractivity contribution in [2.45, 2.75) is 17.2 Å². The second kappa shape index (κ2) is 9.75. The van der Waals surface area contributed by atoms with E-state index in [0.717, 1.165) is 29.5 Å². The second-order valence-corrected chi connectivity index (χ2v) is 9.22. The summed E-state index contributed by atoms with van der Waals surface area (Å²) in [5, 5.41) is 1.60. The minimum Gasteiger partial charge on any atom is -0.481 e. The fourth-order valence-electron chi connectivity index (χ4n) is 2.48. The SMILES string of the molecule is CC(Oc1ccc(F)c(F)c1)C(=O)NNC(=O)c1ccccc1NS(=O)(=O)c1cccs1. The lowest BCUT2D eigenvalue weighted by Crippen LogP contribution is -2.47. The lowest BCUT2D eigenvalue weighted by molar-refractivity contribution is -0.128. The van der Waals surface area contributed by atoms with Crippen LogP contribution in [-0.2, 0) is 14.8 Å². The molecule has 3 aromatic rings. The van der Waals surface area contributed by atoms with Gasteiger partial charge in [-0.15, -0.1) is 11.3 Å². The van der Waals surface area contributed by atoms with E-state index in [4.69, 9.17) is 4.74 Å². The van der Waals surface area contributed by atoms with Crippen molar-refractivity contribution < 1.29 is 31.5 Å². The van der Waals surface area contributed by atoms with Crippen LogP contribution in [0.2, 0.25) is 0 Å². The van der Waals surface area contributed by atoms with Gasteiger partial charge in [0.25, 0.3) is 21.8 Å². The predicted octanol–water partition coefficient (Wildman–Crippen LogP) is 3.06. The topological polar surface area (TPSA) is 114 Å². The third kappa shape index (κ3) is 5.59. The van der Waals surface area contributed by atoms with Gasteiger partial charge >= 0.3 is 0 Å². The van der Waals surface area contributed by atoms with Crippen molar-refractivity contribution in [2.75, 3.05) is 4.72 Å². The minimum atomic E-state index is -3.89. The number of nitrogens with one attached hydrogen (secondary N) is 3. The Labute approximate surface area is 186 Å². The van der Waals surface area contributed by atoms with Crippen LogP contribution in [0, 0.1) is 11.6 Å². The molecule has 1 unspecified atom stereocenters. The monoisotopic (exact) mass is 481 g/mol. The van der Waals surface area contributed by atoms with Crippen LogP contribution in [0.25, 0.3) is 0 Å². The third-order valence-corrected chi connectivity index (χ3v) is 6.81. The van der Waals surface area contributed by atoms with E-state index in [9.17, 15) is 26.8 Å². The van der Waals surface area contributed by atoms with Gasteiger partial charge in [0.05, 0.1) is 11.3 Å². The van der Waals surface area contributed by atoms with Gasteiger partial charge in [0, 0.05) is 6.07 Å². The van der Waals surface area contributed by atoms with E-state index >= 15 is 0 Å². The van der Waals surface area contributed by atoms with Gasteiger partial charge < -0.3 is 4.74 Å². The van der Waals surface area contributed by atoms with Crippen molar-refractivity contribution in [2.24, 2.45) is 0 Å². The van der Waals surface area contributed by atoms with E-state index in [0.29, 0.717) is 0 Å². The molecule has 0 aliphatic carbocycles. The molecule has 3 rings (SSSR count). The summed E-state index contributed by atoms with van der Waals surface area (Å²) in [6.45, 7) is 1.34. The Hall–Kier alpha value is -3.51. The van der Waals surface area contributed by atoms with Crippen LogP contribution in [0.4, 0.5) is 14.5 Å². The molecule has 0 aliphatic heterocycles. The number of hydrogen-bond donors (Lipinski definition) is 3. The zero-order valence-electron chi connectivity index (χ0n) is 16.5. The average molecular weight is 482 g/mol. The van der Waals surface area contributed by atoms with Crippen LogP contribution < -0.4 is 20.3 Å². The molecule has 168 valence electrons. The Balaban J connectivity index is 1.63. The molecule has 1 heterocycles. The molecule has 2 amide bonds. The van der Waals surface area contributed by atoms with E-state index in [1.165, 1.54) is 31.2 Å². The molecule has 0 aliphatic rings. The number of ether oxygens (including phenoxy) is 1. The van der Waals surface area contributed by atoms with Crippen molar-refractivity contribution >= 4 is 38.9 Å². The normalized spacial score (nSPS) is 12.0. The first kappa shape index (κ1) is 23.2. The van der Waals surface area contributed by atoms with Gasteiger partial charge in [-0.3, -0.25) is 25.2 Å². The van der Waals surface area contributed by atoms with Crippen LogP contribution in [0.3, 0.4) is 0 Å². The number of sulfonamides is 1. The van der Waals surface area contributed by atoms with E-state index in [-0.39, 0.29) is 21.2 Å². The fraction of sp³-hybridized carbons (Fsp3) is 0.100. The zero-order valence-corrected chi connectivity index (χ0v) is 18.1. The first-order valence-electron chi connectivity index (χ1n) is 9.04. The van der Waals surface area contributed by atoms with Crippen molar-refractivity contribution in [3.8, 4) is 5.75 Å². The number of carbonyl (C=O) groups is 2. The Morgan fingerprint density at radius 3 is 2.44 bits per heavy atom. The quantitative estimate of drug-likeness (QED) is 0.449. The van der Waals surface area contributed by atoms with Crippen molar-refractivity contribution in [3.63, 3.8) is 0 Å². The molecule has 0 bridgehead atoms. The van der Waals surface area contributed by atoms with Crippen LogP contribution in [0.5, 0.6) is 5.75 Å². The second-order valence-electron chi connectivity index (χ2n) is 6.36. The molecular formula is C20H17F2N3O5S2. The van der Waals surface area contributed by atoms with Crippen LogP contribution in [-0.4, -0.2) is 26.3 Å². The summed E-state index contributed by atoms with van der Waals surface area (Å²) >= 11 is 1.02. The molecule has 0 saturated carbocycles. The van der Waals surface area contributed by atoms with E-state index < -0.39 is 39.6 Å². The lowest BCUT2D eigenvalue weighted by Gasteiger charge is -2.16. The van der Waals surface area contributed by atoms with Gasteiger partial charge in [-0.1, -0.05) is 18.2 Å². The number of carbonyl (C=O) groups excluding carboxylic acids is 2. The molecular weight excluding hydrogens is 464 g/mol. The number of anilines is 1. The summed E-state index contributed by atoms with van der Waals surface area (Å²) in [5.41, 5.74) is 4.27. The average Bonchev–Trinajstić information content (AvgIpc) is 3.30. The van der Waals surface area contributed by atoms with E-state index in [2.05, 4.69) is 15.6 Å². The molecule has 8 nitrogen and oxygen atoms in total. The third-order valence-electron chi connectivity index (χ3n) is 4.05. The largest absolute Gasteiger partial charge is 0.481 e. The zero-order chi connectivity index (χ0) is 23.3. The summed E-state index contributed by atoms with van der Waals surface area (Å²) < 4.78 is 58.8. The molecule has 0 saturated heterocycles. The van der Waals surface area contributed by atoms with Gasteiger partial charge in [-0.2, -0.15) is 0 Å². The number of hydrogen-bond acceptors (Lipinski definition) is 6. The van der Waals surface area contributed by atoms with Crippen LogP contribution in [0.15, 0.2) is 64.2 Å². The molecule has 0 fully saturated rings. The Bertz CT molecular complexity index is 1230. The Morgan fingerprint density at radius 1 is 1.00 bits per heavy atom. The minimum absolute atomic E-state index is 0.0127. The molecule has 12 heteroatoms. The molecule has 3 N–H and O–H groups in total. The molecule has 0 radical (unpaired) electrons. The number of rotatable bonds is 7. The maximum absolute atomic E-state index is 13.3. The van der Waals surface area contributed by atoms with Gasteiger partial charge in [0.15, 0.2) is 17.7 Å². The maximum Gasteiger partial charge on any atom is 0.279 e. The van der Waals surface area contributed by atoms with Crippen LogP contribution in [0.1, 0.15) is 17.3 Å². The molecule has 1 aromatic heterocycles. The van der Waals surface area contributed by atoms with Gasteiger partial charge in [0.1, 0.15) is 9.96 Å². The first-order chi connectivity index (χ1) is 15.2. The maximum atomic E-state index is 13.3. The molecule has 2 aromatic carbocycles. The summed E-state index contributed by atoms with van der Waals surface area (Å²) in [7, 11) is -3.89. The highest BCUT2D eigenvalue weighted by Crippen LogP contribution is 2.23. The van der Waals surface area contributed by atoms with Crippen LogP contribution >= 0.6 is 11.3 Å². The molecule has 32 heavy (non-hydrogen) atoms. The number of thiophene rings is 1. The molecule has 0 spiro atoms. The van der Waals surface area contributed by atoms with Crippen molar-refractivity contribution in [1.82, 2.24) is 10.9 Å². The van der Waals surface area contributed by atoms with E-state index in [1.807, 2.05) is 0 Å². The molecule has 1 atom stereocenters. The van der Waals surface area contributed by atoms with Gasteiger partial charge in [-0.05, 0) is 42.6 Å². The highest BCUT2D eigenvalue weighted by atomic mass is 32.2. The predicted molar refractivity (Wildman–Crippen MR) is 114 cm³/mol. The summed E-state index contributed by atoms with van der Waals surface area (Å²) in [4.78, 5) is 24.7.